The molecule has 2 heterocycles. The number of aromatic nitrogens is 2. The maximum atomic E-state index is 6.12. The molecule has 3 N–H and O–H groups in total. The molecule has 0 aliphatic heterocycles. The summed E-state index contributed by atoms with van der Waals surface area (Å²) in [5.74, 6) is 0.981. The van der Waals surface area contributed by atoms with Crippen LogP contribution in [0.1, 0.15) is 28.6 Å². The van der Waals surface area contributed by atoms with Crippen LogP contribution in [0.2, 0.25) is 5.02 Å². The number of pyridine rings is 1. The van der Waals surface area contributed by atoms with Gasteiger partial charge in [-0.3, -0.25) is 5.32 Å². The molecule has 0 unspecified atom stereocenters. The molecule has 0 radical (unpaired) electrons. The van der Waals surface area contributed by atoms with Gasteiger partial charge < -0.3 is 4.98 Å². The minimum Gasteiger partial charge on any atom is -0.358 e. The molecule has 0 spiro atoms. The summed E-state index contributed by atoms with van der Waals surface area (Å²) in [6.07, 6.45) is 0. The van der Waals surface area contributed by atoms with Crippen molar-refractivity contribution in [3.05, 3.63) is 94.3 Å². The van der Waals surface area contributed by atoms with Gasteiger partial charge in [-0.05, 0) is 38.1 Å². The number of hydrogen-bond acceptors (Lipinski definition) is 1. The highest BCUT2D eigenvalue weighted by molar-refractivity contribution is 6.30. The Kier molecular flexibility index (Phi) is 4.39. The van der Waals surface area contributed by atoms with Crippen molar-refractivity contribution in [2.75, 3.05) is 5.32 Å². The highest BCUT2D eigenvalue weighted by Gasteiger charge is 2.25. The lowest BCUT2D eigenvalue weighted by atomic mass is 9.96. The van der Waals surface area contributed by atoms with Crippen molar-refractivity contribution in [3.8, 4) is 0 Å². The number of rotatable bonds is 4. The van der Waals surface area contributed by atoms with E-state index < -0.39 is 0 Å². The average Bonchev–Trinajstić information content (AvgIpc) is 2.96. The zero-order valence-corrected chi connectivity index (χ0v) is 15.6. The van der Waals surface area contributed by atoms with Crippen LogP contribution < -0.4 is 10.3 Å². The standard InChI is InChI=1S/C22H20ClN3/c1-14-6-5-9-20(24-14)26-22(16-10-12-17(23)13-11-16)21-15(2)25-19-8-4-3-7-18(19)21/h3-13,22,25H,1-2H3,(H,24,26)/p+1/t22-/m1/s1. The van der Waals surface area contributed by atoms with Crippen molar-refractivity contribution < 1.29 is 4.98 Å². The lowest BCUT2D eigenvalue weighted by Gasteiger charge is -2.16. The summed E-state index contributed by atoms with van der Waals surface area (Å²) in [6, 6.07) is 22.6. The number of halogens is 1. The first kappa shape index (κ1) is 16.7. The predicted molar refractivity (Wildman–Crippen MR) is 108 cm³/mol. The van der Waals surface area contributed by atoms with E-state index in [-0.39, 0.29) is 6.04 Å². The lowest BCUT2D eigenvalue weighted by Crippen LogP contribution is -2.21. The van der Waals surface area contributed by atoms with Gasteiger partial charge in [0.25, 0.3) is 5.82 Å². The van der Waals surface area contributed by atoms with Crippen molar-refractivity contribution >= 4 is 28.3 Å². The Morgan fingerprint density at radius 1 is 0.923 bits per heavy atom. The number of benzene rings is 2. The second kappa shape index (κ2) is 6.85. The van der Waals surface area contributed by atoms with E-state index in [0.29, 0.717) is 0 Å². The van der Waals surface area contributed by atoms with Crippen LogP contribution in [0, 0.1) is 13.8 Å². The smallest absolute Gasteiger partial charge is 0.273 e. The van der Waals surface area contributed by atoms with Gasteiger partial charge in [0.1, 0.15) is 6.04 Å². The summed E-state index contributed by atoms with van der Waals surface area (Å²) in [7, 11) is 0. The third kappa shape index (κ3) is 3.18. The fraction of sp³-hybridized carbons (Fsp3) is 0.136. The van der Waals surface area contributed by atoms with Gasteiger partial charge >= 0.3 is 0 Å². The van der Waals surface area contributed by atoms with Crippen LogP contribution in [-0.4, -0.2) is 4.98 Å². The number of H-pyrrole nitrogens is 2. The lowest BCUT2D eigenvalue weighted by molar-refractivity contribution is -0.371. The van der Waals surface area contributed by atoms with Crippen LogP contribution in [0.15, 0.2) is 66.7 Å². The first-order valence-corrected chi connectivity index (χ1v) is 9.08. The summed E-state index contributed by atoms with van der Waals surface area (Å²) in [6.45, 7) is 4.18. The zero-order chi connectivity index (χ0) is 18.1. The molecule has 0 saturated heterocycles. The largest absolute Gasteiger partial charge is 0.358 e. The van der Waals surface area contributed by atoms with Crippen molar-refractivity contribution in [1.29, 1.82) is 0 Å². The minimum atomic E-state index is 0.00136. The molecular formula is C22H21ClN3+. The van der Waals surface area contributed by atoms with Gasteiger partial charge in [-0.15, -0.1) is 0 Å². The quantitative estimate of drug-likeness (QED) is 0.497. The van der Waals surface area contributed by atoms with Crippen LogP contribution in [0.25, 0.3) is 10.9 Å². The molecule has 4 heteroatoms. The Morgan fingerprint density at radius 2 is 1.69 bits per heavy atom. The number of hydrogen-bond donors (Lipinski definition) is 2. The maximum absolute atomic E-state index is 6.12. The van der Waals surface area contributed by atoms with E-state index in [0.717, 1.165) is 33.3 Å². The Labute approximate surface area is 158 Å². The van der Waals surface area contributed by atoms with E-state index in [1.54, 1.807) is 0 Å². The Hall–Kier alpha value is -2.78. The van der Waals surface area contributed by atoms with E-state index >= 15 is 0 Å². The third-order valence-corrected chi connectivity index (χ3v) is 4.93. The molecule has 3 nitrogen and oxygen atoms in total. The summed E-state index contributed by atoms with van der Waals surface area (Å²) >= 11 is 6.12. The van der Waals surface area contributed by atoms with Gasteiger partial charge in [-0.25, -0.2) is 4.98 Å². The van der Waals surface area contributed by atoms with Crippen molar-refractivity contribution in [2.24, 2.45) is 0 Å². The average molecular weight is 363 g/mol. The number of nitrogens with one attached hydrogen (secondary N) is 3. The molecule has 1 atom stereocenters. The normalized spacial score (nSPS) is 12.3. The topological polar surface area (TPSA) is 42.0 Å². The molecule has 4 aromatic rings. The van der Waals surface area contributed by atoms with Crippen LogP contribution in [-0.2, 0) is 0 Å². The summed E-state index contributed by atoms with van der Waals surface area (Å²) in [5.41, 5.74) is 5.83. The molecule has 0 amide bonds. The van der Waals surface area contributed by atoms with E-state index in [1.807, 2.05) is 12.1 Å². The molecule has 26 heavy (non-hydrogen) atoms. The number of fused-ring (bicyclic) bond motifs is 1. The fourth-order valence-electron chi connectivity index (χ4n) is 3.47. The molecule has 4 rings (SSSR count). The first-order chi connectivity index (χ1) is 12.6. The molecule has 2 aromatic carbocycles. The highest BCUT2D eigenvalue weighted by atomic mass is 35.5. The minimum absolute atomic E-state index is 0.00136. The van der Waals surface area contributed by atoms with E-state index in [4.69, 9.17) is 11.6 Å². The van der Waals surface area contributed by atoms with Crippen LogP contribution in [0.5, 0.6) is 0 Å². The van der Waals surface area contributed by atoms with Crippen molar-refractivity contribution in [1.82, 2.24) is 4.98 Å². The number of aryl methyl sites for hydroxylation is 2. The molecule has 0 saturated carbocycles. The van der Waals surface area contributed by atoms with E-state index in [1.165, 1.54) is 10.9 Å². The van der Waals surface area contributed by atoms with Gasteiger partial charge in [0.15, 0.2) is 0 Å². The molecule has 0 fully saturated rings. The van der Waals surface area contributed by atoms with Gasteiger partial charge in [0.2, 0.25) is 0 Å². The van der Waals surface area contributed by atoms with Crippen LogP contribution in [0.3, 0.4) is 0 Å². The summed E-state index contributed by atoms with van der Waals surface area (Å²) < 4.78 is 0. The van der Waals surface area contributed by atoms with E-state index in [9.17, 15) is 0 Å². The molecule has 0 aliphatic rings. The predicted octanol–water partition coefficient (Wildman–Crippen LogP) is 5.45. The first-order valence-electron chi connectivity index (χ1n) is 8.70. The van der Waals surface area contributed by atoms with Crippen LogP contribution >= 0.6 is 11.6 Å². The molecule has 2 aromatic heterocycles. The van der Waals surface area contributed by atoms with E-state index in [2.05, 4.69) is 83.7 Å². The van der Waals surface area contributed by atoms with Gasteiger partial charge in [0.05, 0.1) is 5.69 Å². The number of para-hydroxylation sites is 1. The zero-order valence-electron chi connectivity index (χ0n) is 14.8. The number of anilines is 1. The Balaban J connectivity index is 1.87. The summed E-state index contributed by atoms with van der Waals surface area (Å²) in [5, 5.41) is 5.64. The Bertz CT molecular complexity index is 1050. The SMILES string of the molecule is Cc1cccc(N[C@H](c2ccc(Cl)cc2)c2c(C)[nH]c3ccccc23)[nH+]1. The molecule has 0 bridgehead atoms. The van der Waals surface area contributed by atoms with Gasteiger partial charge in [0, 0.05) is 38.8 Å². The highest BCUT2D eigenvalue weighted by Crippen LogP contribution is 2.34. The van der Waals surface area contributed by atoms with Gasteiger partial charge in [-0.1, -0.05) is 48.0 Å². The molecule has 0 aliphatic carbocycles. The van der Waals surface area contributed by atoms with Gasteiger partial charge in [-0.2, -0.15) is 0 Å². The fourth-order valence-corrected chi connectivity index (χ4v) is 3.60. The second-order valence-corrected chi connectivity index (χ2v) is 7.02. The maximum Gasteiger partial charge on any atom is 0.273 e. The number of aromatic amines is 2. The molecule has 130 valence electrons. The third-order valence-electron chi connectivity index (χ3n) is 4.68. The van der Waals surface area contributed by atoms with Crippen LogP contribution in [0.4, 0.5) is 5.82 Å². The second-order valence-electron chi connectivity index (χ2n) is 6.59. The Morgan fingerprint density at radius 3 is 2.46 bits per heavy atom. The van der Waals surface area contributed by atoms with Crippen molar-refractivity contribution in [3.63, 3.8) is 0 Å². The van der Waals surface area contributed by atoms with Crippen molar-refractivity contribution in [2.45, 2.75) is 19.9 Å². The summed E-state index contributed by atoms with van der Waals surface area (Å²) in [4.78, 5) is 6.91. The monoisotopic (exact) mass is 362 g/mol. The molecular weight excluding hydrogens is 342 g/mol.